The number of phenolic OH excluding ortho intramolecular Hbond substituents is 1. The standard InChI is InChI=1S/C34H33N3O7.CH4/c1-37(2)28-23-15-19-14-22-21(18-10-8-17(9-11-18)16-36-20-6-4-3-5-7-20)12-13-24(38)26(22)29(39)25(19)31(41)34(23,44)32(42)27(30(28)40)33(35)43;/h3-13,19,23,28,36,38-39,42,44H,14-16H2,1-2H3,(H2,35,43);1H4/t19-,23-,28-,34-;/m0./s1. The number of carbonyl (C=O) groups is 3. The van der Waals surface area contributed by atoms with E-state index in [0.29, 0.717) is 12.1 Å². The van der Waals surface area contributed by atoms with E-state index >= 15 is 0 Å². The number of benzene rings is 3. The molecule has 6 rings (SSSR count). The number of rotatable bonds is 6. The number of carbonyl (C=O) groups excluding carboxylic acids is 3. The third kappa shape index (κ3) is 4.86. The number of fused-ring (bicyclic) bond motifs is 3. The van der Waals surface area contributed by atoms with Crippen molar-refractivity contribution in [3.63, 3.8) is 0 Å². The number of nitrogens with one attached hydrogen (secondary N) is 1. The molecule has 0 bridgehead atoms. The van der Waals surface area contributed by atoms with Crippen LogP contribution in [0.2, 0.25) is 0 Å². The van der Waals surface area contributed by atoms with Crippen molar-refractivity contribution in [3.05, 3.63) is 100 Å². The molecule has 10 heteroatoms. The highest BCUT2D eigenvalue weighted by molar-refractivity contribution is 6.24. The molecular formula is C35H37N3O7. The van der Waals surface area contributed by atoms with Crippen molar-refractivity contribution in [1.29, 1.82) is 0 Å². The first kappa shape index (κ1) is 31.5. The summed E-state index contributed by atoms with van der Waals surface area (Å²) >= 11 is 0. The number of anilines is 1. The van der Waals surface area contributed by atoms with Crippen LogP contribution in [-0.4, -0.2) is 68.5 Å². The Balaban J connectivity index is 0.00000400. The normalized spacial score (nSPS) is 24.0. The van der Waals surface area contributed by atoms with Crippen molar-refractivity contribution in [3.8, 4) is 16.9 Å². The predicted molar refractivity (Wildman–Crippen MR) is 170 cm³/mol. The Hall–Kier alpha value is -4.93. The Morgan fingerprint density at radius 1 is 1.00 bits per heavy atom. The number of hydrogen-bond acceptors (Lipinski definition) is 9. The van der Waals surface area contributed by atoms with E-state index in [1.165, 1.54) is 11.0 Å². The minimum Gasteiger partial charge on any atom is -0.508 e. The zero-order valence-corrected chi connectivity index (χ0v) is 24.2. The van der Waals surface area contributed by atoms with Crippen LogP contribution >= 0.6 is 0 Å². The van der Waals surface area contributed by atoms with Crippen LogP contribution in [-0.2, 0) is 27.3 Å². The highest BCUT2D eigenvalue weighted by Gasteiger charge is 2.64. The molecule has 7 N–H and O–H groups in total. The van der Waals surface area contributed by atoms with E-state index in [1.807, 2.05) is 54.6 Å². The number of nitrogens with two attached hydrogens (primary N) is 1. The number of aromatic hydroxyl groups is 1. The van der Waals surface area contributed by atoms with Gasteiger partial charge >= 0.3 is 0 Å². The summed E-state index contributed by atoms with van der Waals surface area (Å²) in [4.78, 5) is 41.0. The fraction of sp³-hybridized carbons (Fsp3) is 0.286. The molecule has 234 valence electrons. The zero-order valence-electron chi connectivity index (χ0n) is 24.2. The monoisotopic (exact) mass is 611 g/mol. The Kier molecular flexibility index (Phi) is 8.07. The number of aliphatic hydroxyl groups excluding tert-OH is 2. The SMILES string of the molecule is C.CN(C)[C@@H]1C(=O)C(C(N)=O)=C(O)[C@@]2(O)C(=O)C3=C(O)c4c(O)ccc(-c5ccc(CNc6ccccc6)cc5)c4C[C@H]3C[C@@H]12. The van der Waals surface area contributed by atoms with Crippen LogP contribution in [0.1, 0.15) is 30.5 Å². The Morgan fingerprint density at radius 2 is 1.67 bits per heavy atom. The molecule has 10 nitrogen and oxygen atoms in total. The van der Waals surface area contributed by atoms with Gasteiger partial charge in [-0.05, 0) is 73.3 Å². The number of hydrogen-bond donors (Lipinski definition) is 6. The van der Waals surface area contributed by atoms with E-state index in [-0.39, 0.29) is 37.2 Å². The molecule has 0 unspecified atom stereocenters. The van der Waals surface area contributed by atoms with Gasteiger partial charge in [0.15, 0.2) is 11.4 Å². The van der Waals surface area contributed by atoms with Crippen LogP contribution in [0, 0.1) is 11.8 Å². The maximum atomic E-state index is 14.0. The number of nitrogens with zero attached hydrogens (tertiary/aromatic N) is 1. The fourth-order valence-electron chi connectivity index (χ4n) is 7.08. The number of ketones is 2. The van der Waals surface area contributed by atoms with Crippen LogP contribution in [0.5, 0.6) is 5.75 Å². The maximum absolute atomic E-state index is 14.0. The third-order valence-electron chi connectivity index (χ3n) is 9.14. The largest absolute Gasteiger partial charge is 0.508 e. The second-order valence-electron chi connectivity index (χ2n) is 11.9. The minimum absolute atomic E-state index is 0. The summed E-state index contributed by atoms with van der Waals surface area (Å²) in [6.45, 7) is 0.615. The van der Waals surface area contributed by atoms with Gasteiger partial charge in [-0.15, -0.1) is 0 Å². The molecule has 0 aromatic heterocycles. The lowest BCUT2D eigenvalue weighted by Gasteiger charge is -2.50. The van der Waals surface area contributed by atoms with Gasteiger partial charge in [0.25, 0.3) is 5.91 Å². The first-order valence-electron chi connectivity index (χ1n) is 14.3. The molecule has 1 amide bonds. The first-order chi connectivity index (χ1) is 20.9. The average molecular weight is 612 g/mol. The van der Waals surface area contributed by atoms with Crippen molar-refractivity contribution in [2.24, 2.45) is 17.6 Å². The molecule has 0 saturated heterocycles. The summed E-state index contributed by atoms with van der Waals surface area (Å²) in [6.07, 6.45) is 0.251. The van der Waals surface area contributed by atoms with Gasteiger partial charge in [0.05, 0.1) is 11.6 Å². The molecular weight excluding hydrogens is 574 g/mol. The Labute approximate surface area is 261 Å². The van der Waals surface area contributed by atoms with Gasteiger partial charge in [0.2, 0.25) is 5.78 Å². The van der Waals surface area contributed by atoms with Gasteiger partial charge in [0.1, 0.15) is 22.8 Å². The number of likely N-dealkylation sites (N-methyl/N-ethyl adjacent to an activating group) is 1. The van der Waals surface area contributed by atoms with E-state index in [0.717, 1.165) is 22.4 Å². The van der Waals surface area contributed by atoms with Crippen molar-refractivity contribution >= 4 is 28.9 Å². The molecule has 1 saturated carbocycles. The topological polar surface area (TPSA) is 173 Å². The van der Waals surface area contributed by atoms with Crippen molar-refractivity contribution in [2.45, 2.75) is 38.5 Å². The number of amides is 1. The lowest BCUT2D eigenvalue weighted by Crippen LogP contribution is -2.65. The van der Waals surface area contributed by atoms with Crippen LogP contribution in [0.3, 0.4) is 0 Å². The molecule has 45 heavy (non-hydrogen) atoms. The summed E-state index contributed by atoms with van der Waals surface area (Å²) < 4.78 is 0. The van der Waals surface area contributed by atoms with E-state index in [4.69, 9.17) is 5.73 Å². The van der Waals surface area contributed by atoms with Crippen molar-refractivity contribution in [2.75, 3.05) is 19.4 Å². The van der Waals surface area contributed by atoms with Crippen LogP contribution in [0.25, 0.3) is 16.9 Å². The summed E-state index contributed by atoms with van der Waals surface area (Å²) in [7, 11) is 3.14. The second-order valence-corrected chi connectivity index (χ2v) is 11.9. The Morgan fingerprint density at radius 3 is 2.29 bits per heavy atom. The molecule has 0 radical (unpaired) electrons. The molecule has 0 heterocycles. The highest BCUT2D eigenvalue weighted by Crippen LogP contribution is 2.53. The number of aliphatic hydroxyl groups is 3. The van der Waals surface area contributed by atoms with E-state index in [2.05, 4.69) is 5.32 Å². The molecule has 3 aliphatic carbocycles. The summed E-state index contributed by atoms with van der Waals surface area (Å²) in [5.41, 5.74) is 6.03. The summed E-state index contributed by atoms with van der Waals surface area (Å²) in [5.74, 6) is -6.71. The van der Waals surface area contributed by atoms with Crippen molar-refractivity contribution < 1.29 is 34.8 Å². The van der Waals surface area contributed by atoms with Gasteiger partial charge < -0.3 is 31.5 Å². The van der Waals surface area contributed by atoms with Crippen molar-refractivity contribution in [1.82, 2.24) is 4.90 Å². The molecule has 0 spiro atoms. The number of Topliss-reactive ketones (excluding diaryl/α,β-unsaturated/α-hetero) is 2. The Bertz CT molecular complexity index is 1760. The smallest absolute Gasteiger partial charge is 0.255 e. The minimum atomic E-state index is -2.67. The first-order valence-corrected chi connectivity index (χ1v) is 14.3. The van der Waals surface area contributed by atoms with E-state index in [1.54, 1.807) is 20.2 Å². The number of primary amides is 1. The molecule has 3 aromatic carbocycles. The van der Waals surface area contributed by atoms with Crippen LogP contribution in [0.4, 0.5) is 5.69 Å². The quantitative estimate of drug-likeness (QED) is 0.226. The molecule has 3 aliphatic rings. The highest BCUT2D eigenvalue weighted by atomic mass is 16.3. The second kappa shape index (κ2) is 11.5. The van der Waals surface area contributed by atoms with Gasteiger partial charge in [-0.2, -0.15) is 0 Å². The van der Waals surface area contributed by atoms with E-state index in [9.17, 15) is 34.8 Å². The third-order valence-corrected chi connectivity index (χ3v) is 9.14. The van der Waals surface area contributed by atoms with Crippen LogP contribution in [0.15, 0.2) is 83.6 Å². The van der Waals surface area contributed by atoms with E-state index < -0.39 is 58.0 Å². The molecule has 4 atom stereocenters. The maximum Gasteiger partial charge on any atom is 0.255 e. The van der Waals surface area contributed by atoms with Crippen LogP contribution < -0.4 is 11.1 Å². The molecule has 1 fully saturated rings. The summed E-state index contributed by atoms with van der Waals surface area (Å²) in [6, 6.07) is 19.8. The number of para-hydroxylation sites is 1. The van der Waals surface area contributed by atoms with Gasteiger partial charge in [-0.25, -0.2) is 0 Å². The van der Waals surface area contributed by atoms with Gasteiger partial charge in [0, 0.05) is 23.7 Å². The molecule has 3 aromatic rings. The molecule has 0 aliphatic heterocycles. The van der Waals surface area contributed by atoms with Gasteiger partial charge in [-0.3, -0.25) is 19.3 Å². The lowest BCUT2D eigenvalue weighted by atomic mass is 9.57. The van der Waals surface area contributed by atoms with Gasteiger partial charge in [-0.1, -0.05) is 56.0 Å². The zero-order chi connectivity index (χ0) is 31.5. The lowest BCUT2D eigenvalue weighted by molar-refractivity contribution is -0.153. The predicted octanol–water partition coefficient (Wildman–Crippen LogP) is 3.88. The average Bonchev–Trinajstić information content (AvgIpc) is 2.98. The summed E-state index contributed by atoms with van der Waals surface area (Å²) in [5, 5.41) is 48.5. The number of phenols is 1. The fourth-order valence-corrected chi connectivity index (χ4v) is 7.08.